The number of carbonyl (C=O) groups is 2. The van der Waals surface area contributed by atoms with Crippen LogP contribution < -0.4 is 5.73 Å². The molecule has 1 aliphatic heterocycles. The number of nitrogens with two attached hydrogens (primary N) is 1. The first-order valence-corrected chi connectivity index (χ1v) is 8.61. The maximum atomic E-state index is 13.5. The molecule has 2 fully saturated rings. The Morgan fingerprint density at radius 2 is 2.21 bits per heavy atom. The highest BCUT2D eigenvalue weighted by molar-refractivity contribution is 7.15. The number of likely N-dealkylation sites (tertiary alicyclic amines) is 1. The zero-order valence-electron chi connectivity index (χ0n) is 13.0. The van der Waals surface area contributed by atoms with Crippen LogP contribution in [0.15, 0.2) is 24.3 Å². The first kappa shape index (κ1) is 15.3. The van der Waals surface area contributed by atoms with Gasteiger partial charge in [-0.2, -0.15) is 0 Å². The molecule has 1 aromatic carbocycles. The molecule has 1 unspecified atom stereocenters. The number of halogens is 1. The minimum atomic E-state index is -0.551. The first-order chi connectivity index (χ1) is 11.5. The van der Waals surface area contributed by atoms with E-state index in [-0.39, 0.29) is 23.3 Å². The molecule has 2 heterocycles. The number of aryl methyl sites for hydroxylation is 1. The Morgan fingerprint density at radius 3 is 2.92 bits per heavy atom. The molecule has 5 nitrogen and oxygen atoms in total. The van der Waals surface area contributed by atoms with E-state index in [4.69, 9.17) is 5.73 Å². The number of nitrogens with zero attached hydrogens (tertiary/aromatic N) is 2. The van der Waals surface area contributed by atoms with E-state index in [2.05, 4.69) is 4.98 Å². The van der Waals surface area contributed by atoms with Crippen molar-refractivity contribution < 1.29 is 14.0 Å². The maximum Gasteiger partial charge on any atom is 0.274 e. The minimum Gasteiger partial charge on any atom is -0.368 e. The summed E-state index contributed by atoms with van der Waals surface area (Å²) in [4.78, 5) is 31.3. The maximum absolute atomic E-state index is 13.5. The fraction of sp³-hybridized carbons (Fsp3) is 0.353. The number of hydrogen-bond acceptors (Lipinski definition) is 4. The molecule has 1 saturated heterocycles. The second kappa shape index (κ2) is 5.37. The van der Waals surface area contributed by atoms with Gasteiger partial charge in [-0.15, -0.1) is 11.3 Å². The Morgan fingerprint density at radius 1 is 1.42 bits per heavy atom. The van der Waals surface area contributed by atoms with Crippen LogP contribution in [0.2, 0.25) is 0 Å². The van der Waals surface area contributed by atoms with E-state index < -0.39 is 11.9 Å². The van der Waals surface area contributed by atoms with Crippen LogP contribution >= 0.6 is 11.3 Å². The third-order valence-electron chi connectivity index (χ3n) is 4.73. The highest BCUT2D eigenvalue weighted by Crippen LogP contribution is 2.50. The van der Waals surface area contributed by atoms with E-state index in [1.54, 1.807) is 24.0 Å². The number of piperidine rings is 1. The summed E-state index contributed by atoms with van der Waals surface area (Å²) < 4.78 is 13.5. The fourth-order valence-electron chi connectivity index (χ4n) is 3.57. The van der Waals surface area contributed by atoms with Gasteiger partial charge < -0.3 is 10.6 Å². The molecule has 2 N–H and O–H groups in total. The number of amides is 2. The summed E-state index contributed by atoms with van der Waals surface area (Å²) >= 11 is 1.34. The zero-order chi connectivity index (χ0) is 17.0. The lowest BCUT2D eigenvalue weighted by Crippen LogP contribution is -2.46. The van der Waals surface area contributed by atoms with Gasteiger partial charge in [-0.1, -0.05) is 12.1 Å². The third kappa shape index (κ3) is 2.39. The molecule has 2 aromatic rings. The molecule has 1 aliphatic carbocycles. The molecule has 1 aromatic heterocycles. The lowest BCUT2D eigenvalue weighted by molar-refractivity contribution is -0.122. The Hall–Kier alpha value is -2.28. The fourth-order valence-corrected chi connectivity index (χ4v) is 4.48. The Labute approximate surface area is 142 Å². The molecule has 24 heavy (non-hydrogen) atoms. The van der Waals surface area contributed by atoms with Crippen molar-refractivity contribution in [3.63, 3.8) is 0 Å². The smallest absolute Gasteiger partial charge is 0.274 e. The van der Waals surface area contributed by atoms with Gasteiger partial charge in [0.05, 0.1) is 9.88 Å². The predicted molar refractivity (Wildman–Crippen MR) is 87.9 cm³/mol. The van der Waals surface area contributed by atoms with Crippen molar-refractivity contribution in [1.29, 1.82) is 0 Å². The van der Waals surface area contributed by atoms with Gasteiger partial charge in [-0.05, 0) is 42.9 Å². The van der Waals surface area contributed by atoms with Crippen LogP contribution in [0, 0.1) is 24.6 Å². The highest BCUT2D eigenvalue weighted by Gasteiger charge is 2.56. The molecule has 2 amide bonds. The summed E-state index contributed by atoms with van der Waals surface area (Å²) in [6, 6.07) is 5.54. The standard InChI is InChI=1S/C17H16FN3O2S/c1-8-20-13(15(24-8)9-3-2-4-11(18)5-9)17(23)21-7-10-6-12(10)14(21)16(19)22/h2-5,10,12,14H,6-7H2,1H3,(H2,19,22)/t10?,12-,14-/m0/s1. The molecule has 3 atom stereocenters. The molecule has 0 radical (unpaired) electrons. The summed E-state index contributed by atoms with van der Waals surface area (Å²) in [5.41, 5.74) is 6.38. The second-order valence-corrected chi connectivity index (χ2v) is 7.59. The molecule has 7 heteroatoms. The largest absolute Gasteiger partial charge is 0.368 e. The molecular weight excluding hydrogens is 329 g/mol. The second-order valence-electron chi connectivity index (χ2n) is 6.39. The van der Waals surface area contributed by atoms with E-state index in [1.807, 2.05) is 0 Å². The Bertz CT molecular complexity index is 850. The first-order valence-electron chi connectivity index (χ1n) is 7.79. The van der Waals surface area contributed by atoms with Crippen molar-refractivity contribution >= 4 is 23.2 Å². The zero-order valence-corrected chi connectivity index (χ0v) is 13.8. The number of fused-ring (bicyclic) bond motifs is 1. The van der Waals surface area contributed by atoms with Crippen LogP contribution in [0.5, 0.6) is 0 Å². The van der Waals surface area contributed by atoms with Crippen LogP contribution in [0.3, 0.4) is 0 Å². The molecule has 1 saturated carbocycles. The summed E-state index contributed by atoms with van der Waals surface area (Å²) in [7, 11) is 0. The Kier molecular flexibility index (Phi) is 3.42. The molecule has 0 spiro atoms. The number of thiazole rings is 1. The van der Waals surface area contributed by atoms with Gasteiger partial charge >= 0.3 is 0 Å². The topological polar surface area (TPSA) is 76.3 Å². The van der Waals surface area contributed by atoms with E-state index in [0.29, 0.717) is 22.9 Å². The van der Waals surface area contributed by atoms with Crippen molar-refractivity contribution in [3.8, 4) is 10.4 Å². The normalized spacial score (nSPS) is 24.8. The van der Waals surface area contributed by atoms with E-state index in [9.17, 15) is 14.0 Å². The van der Waals surface area contributed by atoms with E-state index in [1.165, 1.54) is 23.5 Å². The van der Waals surface area contributed by atoms with Gasteiger partial charge in [0.25, 0.3) is 5.91 Å². The number of carbonyl (C=O) groups excluding carboxylic acids is 2. The van der Waals surface area contributed by atoms with Crippen molar-refractivity contribution in [1.82, 2.24) is 9.88 Å². The quantitative estimate of drug-likeness (QED) is 0.926. The van der Waals surface area contributed by atoms with Gasteiger partial charge in [0.1, 0.15) is 17.6 Å². The van der Waals surface area contributed by atoms with Crippen molar-refractivity contribution in [2.24, 2.45) is 17.6 Å². The monoisotopic (exact) mass is 345 g/mol. The summed E-state index contributed by atoms with van der Waals surface area (Å²) in [6.07, 6.45) is 0.949. The molecule has 4 rings (SSSR count). The van der Waals surface area contributed by atoms with Crippen LogP contribution in [-0.4, -0.2) is 34.3 Å². The van der Waals surface area contributed by atoms with Crippen molar-refractivity contribution in [2.75, 3.05) is 6.54 Å². The SMILES string of the molecule is Cc1nc(C(=O)N2CC3C[C@@H]3[C@H]2C(N)=O)c(-c2cccc(F)c2)s1. The number of rotatable bonds is 3. The Balaban J connectivity index is 1.72. The third-order valence-corrected chi connectivity index (χ3v) is 5.75. The lowest BCUT2D eigenvalue weighted by atomic mass is 10.1. The summed E-state index contributed by atoms with van der Waals surface area (Å²) in [5, 5.41) is 0.720. The summed E-state index contributed by atoms with van der Waals surface area (Å²) in [5.74, 6) is -0.579. The van der Waals surface area contributed by atoms with E-state index in [0.717, 1.165) is 11.4 Å². The molecular formula is C17H16FN3O2S. The van der Waals surface area contributed by atoms with E-state index >= 15 is 0 Å². The van der Waals surface area contributed by atoms with Crippen LogP contribution in [0.25, 0.3) is 10.4 Å². The number of primary amides is 1. The molecule has 2 aliphatic rings. The molecule has 124 valence electrons. The van der Waals surface area contributed by atoms with Gasteiger partial charge in [0, 0.05) is 6.54 Å². The van der Waals surface area contributed by atoms with Gasteiger partial charge in [0.15, 0.2) is 0 Å². The lowest BCUT2D eigenvalue weighted by Gasteiger charge is -2.24. The highest BCUT2D eigenvalue weighted by atomic mass is 32.1. The number of benzene rings is 1. The molecule has 0 bridgehead atoms. The average molecular weight is 345 g/mol. The summed E-state index contributed by atoms with van der Waals surface area (Å²) in [6.45, 7) is 2.34. The predicted octanol–water partition coefficient (Wildman–Crippen LogP) is 2.20. The van der Waals surface area contributed by atoms with Crippen molar-refractivity contribution in [2.45, 2.75) is 19.4 Å². The van der Waals surface area contributed by atoms with Gasteiger partial charge in [0.2, 0.25) is 5.91 Å². The van der Waals surface area contributed by atoms with Crippen LogP contribution in [0.1, 0.15) is 21.9 Å². The van der Waals surface area contributed by atoms with Crippen LogP contribution in [0.4, 0.5) is 4.39 Å². The minimum absolute atomic E-state index is 0.184. The number of aromatic nitrogens is 1. The van der Waals surface area contributed by atoms with Gasteiger partial charge in [-0.25, -0.2) is 9.37 Å². The van der Waals surface area contributed by atoms with Crippen LogP contribution in [-0.2, 0) is 4.79 Å². The number of hydrogen-bond donors (Lipinski definition) is 1. The average Bonchev–Trinajstić information content (AvgIpc) is 3.01. The van der Waals surface area contributed by atoms with Crippen molar-refractivity contribution in [3.05, 3.63) is 40.8 Å². The van der Waals surface area contributed by atoms with Gasteiger partial charge in [-0.3, -0.25) is 9.59 Å².